The Balaban J connectivity index is 0.000000162. The molecule has 1 heterocycles. The van der Waals surface area contributed by atoms with Crippen LogP contribution in [-0.2, 0) is 0 Å². The van der Waals surface area contributed by atoms with E-state index in [-0.39, 0.29) is 0 Å². The van der Waals surface area contributed by atoms with Gasteiger partial charge < -0.3 is 5.73 Å². The van der Waals surface area contributed by atoms with Gasteiger partial charge in [-0.25, -0.2) is 0 Å². The summed E-state index contributed by atoms with van der Waals surface area (Å²) in [6.45, 7) is 4.07. The van der Waals surface area contributed by atoms with Crippen LogP contribution in [0.15, 0.2) is 10.8 Å². The molecule has 0 saturated heterocycles. The van der Waals surface area contributed by atoms with Crippen molar-refractivity contribution < 1.29 is 0 Å². The number of hydrogen-bond donors (Lipinski definition) is 1. The highest BCUT2D eigenvalue weighted by Crippen LogP contribution is 2.22. The Morgan fingerprint density at radius 3 is 2.00 bits per heavy atom. The summed E-state index contributed by atoms with van der Waals surface area (Å²) in [6.07, 6.45) is 1.08. The predicted molar refractivity (Wildman–Crippen MR) is 53.1 cm³/mol. The quantitative estimate of drug-likeness (QED) is 0.667. The minimum Gasteiger partial charge on any atom is -0.328 e. The molecule has 3 heteroatoms. The fourth-order valence-corrected chi connectivity index (χ4v) is 1.77. The Kier molecular flexibility index (Phi) is 7.81. The maximum atomic E-state index is 5.29. The first kappa shape index (κ1) is 10.4. The standard InChI is InChI=1S/C4H11N.C3H4S2/c1-3-4(2)5;1-2-5-3-4-1/h4H,3,5H2,1-2H3;1-2H,3H2. The van der Waals surface area contributed by atoms with Crippen molar-refractivity contribution in [3.8, 4) is 0 Å². The lowest BCUT2D eigenvalue weighted by Gasteiger charge is -1.91. The fraction of sp³-hybridized carbons (Fsp3) is 0.714. The van der Waals surface area contributed by atoms with Gasteiger partial charge in [0.15, 0.2) is 0 Å². The van der Waals surface area contributed by atoms with Crippen molar-refractivity contribution in [2.75, 3.05) is 5.08 Å². The zero-order chi connectivity index (χ0) is 7.82. The second-order valence-electron chi connectivity index (χ2n) is 2.11. The Morgan fingerprint density at radius 1 is 1.50 bits per heavy atom. The second kappa shape index (κ2) is 7.51. The Hall–Kier alpha value is 0.400. The van der Waals surface area contributed by atoms with Crippen LogP contribution in [0.3, 0.4) is 0 Å². The smallest absolute Gasteiger partial charge is 0.0475 e. The molecule has 0 aromatic heterocycles. The molecule has 0 aromatic carbocycles. The van der Waals surface area contributed by atoms with E-state index in [0.29, 0.717) is 6.04 Å². The zero-order valence-corrected chi connectivity index (χ0v) is 8.17. The van der Waals surface area contributed by atoms with Crippen molar-refractivity contribution in [3.63, 3.8) is 0 Å². The molecule has 1 atom stereocenters. The van der Waals surface area contributed by atoms with Crippen LogP contribution in [0, 0.1) is 0 Å². The van der Waals surface area contributed by atoms with Crippen molar-refractivity contribution in [2.24, 2.45) is 5.73 Å². The topological polar surface area (TPSA) is 26.0 Å². The van der Waals surface area contributed by atoms with Crippen molar-refractivity contribution in [3.05, 3.63) is 10.8 Å². The first-order chi connectivity index (χ1) is 4.77. The predicted octanol–water partition coefficient (Wildman–Crippen LogP) is 2.64. The van der Waals surface area contributed by atoms with Crippen LogP contribution in [0.2, 0.25) is 0 Å². The Bertz CT molecular complexity index is 85.6. The van der Waals surface area contributed by atoms with Crippen LogP contribution >= 0.6 is 23.5 Å². The third kappa shape index (κ3) is 8.40. The van der Waals surface area contributed by atoms with Crippen LogP contribution in [-0.4, -0.2) is 11.1 Å². The van der Waals surface area contributed by atoms with Crippen LogP contribution in [0.4, 0.5) is 0 Å². The number of rotatable bonds is 1. The fourth-order valence-electron chi connectivity index (χ4n) is 0.196. The molecular weight excluding hydrogens is 162 g/mol. The summed E-state index contributed by atoms with van der Waals surface area (Å²) < 4.78 is 0. The average Bonchev–Trinajstić information content (AvgIpc) is 2.43. The summed E-state index contributed by atoms with van der Waals surface area (Å²) in [5, 5.41) is 5.45. The van der Waals surface area contributed by atoms with Gasteiger partial charge in [0.2, 0.25) is 0 Å². The van der Waals surface area contributed by atoms with E-state index >= 15 is 0 Å². The molecule has 0 spiro atoms. The molecule has 0 radical (unpaired) electrons. The molecule has 1 rings (SSSR count). The molecule has 1 unspecified atom stereocenters. The number of hydrogen-bond acceptors (Lipinski definition) is 3. The maximum Gasteiger partial charge on any atom is 0.0475 e. The van der Waals surface area contributed by atoms with Gasteiger partial charge in [0.25, 0.3) is 0 Å². The van der Waals surface area contributed by atoms with Crippen molar-refractivity contribution in [1.29, 1.82) is 0 Å². The van der Waals surface area contributed by atoms with Gasteiger partial charge >= 0.3 is 0 Å². The third-order valence-corrected chi connectivity index (χ3v) is 2.95. The van der Waals surface area contributed by atoms with Crippen LogP contribution in [0.25, 0.3) is 0 Å². The van der Waals surface area contributed by atoms with Gasteiger partial charge in [-0.05, 0) is 24.2 Å². The lowest BCUT2D eigenvalue weighted by molar-refractivity contribution is 0.715. The lowest BCUT2D eigenvalue weighted by Crippen LogP contribution is -2.11. The minimum absolute atomic E-state index is 0.384. The summed E-state index contributed by atoms with van der Waals surface area (Å²) >= 11 is 3.71. The Labute approximate surface area is 71.8 Å². The third-order valence-electron chi connectivity index (χ3n) is 1.03. The summed E-state index contributed by atoms with van der Waals surface area (Å²) in [5.74, 6) is 0. The molecule has 0 amide bonds. The second-order valence-corrected chi connectivity index (χ2v) is 4.26. The molecule has 10 heavy (non-hydrogen) atoms. The SMILES string of the molecule is C1=CSCS1.CCC(C)N. The molecule has 0 aliphatic carbocycles. The molecule has 0 aromatic rings. The van der Waals surface area contributed by atoms with E-state index < -0.39 is 0 Å². The summed E-state index contributed by atoms with van der Waals surface area (Å²) in [5.41, 5.74) is 5.29. The molecule has 1 nitrogen and oxygen atoms in total. The summed E-state index contributed by atoms with van der Waals surface area (Å²) in [6, 6.07) is 0.384. The van der Waals surface area contributed by atoms with Crippen molar-refractivity contribution in [1.82, 2.24) is 0 Å². The molecule has 2 N–H and O–H groups in total. The van der Waals surface area contributed by atoms with Gasteiger partial charge in [-0.2, -0.15) is 0 Å². The first-order valence-corrected chi connectivity index (χ1v) is 5.51. The van der Waals surface area contributed by atoms with E-state index in [0.717, 1.165) is 6.42 Å². The summed E-state index contributed by atoms with van der Waals surface area (Å²) in [7, 11) is 0. The van der Waals surface area contributed by atoms with E-state index in [9.17, 15) is 0 Å². The van der Waals surface area contributed by atoms with E-state index in [4.69, 9.17) is 5.73 Å². The minimum atomic E-state index is 0.384. The van der Waals surface area contributed by atoms with Crippen molar-refractivity contribution >= 4 is 23.5 Å². The van der Waals surface area contributed by atoms with Crippen molar-refractivity contribution in [2.45, 2.75) is 26.3 Å². The molecule has 0 saturated carbocycles. The highest BCUT2D eigenvalue weighted by molar-refractivity contribution is 8.21. The van der Waals surface area contributed by atoms with Crippen LogP contribution in [0.1, 0.15) is 20.3 Å². The van der Waals surface area contributed by atoms with E-state index in [1.165, 1.54) is 5.08 Å². The molecule has 1 aliphatic heterocycles. The van der Waals surface area contributed by atoms with Gasteiger partial charge in [-0.3, -0.25) is 0 Å². The van der Waals surface area contributed by atoms with Gasteiger partial charge in [0.1, 0.15) is 0 Å². The van der Waals surface area contributed by atoms with E-state index in [2.05, 4.69) is 17.7 Å². The van der Waals surface area contributed by atoms with E-state index in [1.54, 1.807) is 0 Å². The van der Waals surface area contributed by atoms with Gasteiger partial charge in [0, 0.05) is 11.1 Å². The highest BCUT2D eigenvalue weighted by atomic mass is 32.2. The maximum absolute atomic E-state index is 5.29. The molecule has 0 fully saturated rings. The van der Waals surface area contributed by atoms with Gasteiger partial charge in [-0.15, -0.1) is 23.5 Å². The average molecular weight is 177 g/mol. The largest absolute Gasteiger partial charge is 0.328 e. The number of nitrogens with two attached hydrogens (primary N) is 1. The highest BCUT2D eigenvalue weighted by Gasteiger charge is 1.85. The molecule has 0 bridgehead atoms. The lowest BCUT2D eigenvalue weighted by atomic mass is 10.3. The van der Waals surface area contributed by atoms with Gasteiger partial charge in [-0.1, -0.05) is 6.92 Å². The zero-order valence-electron chi connectivity index (χ0n) is 6.54. The molecule has 60 valence electrons. The normalized spacial score (nSPS) is 17.9. The Morgan fingerprint density at radius 2 is 1.90 bits per heavy atom. The van der Waals surface area contributed by atoms with Gasteiger partial charge in [0.05, 0.1) is 0 Å². The summed E-state index contributed by atoms with van der Waals surface area (Å²) in [4.78, 5) is 0. The number of thioether (sulfide) groups is 2. The monoisotopic (exact) mass is 177 g/mol. The van der Waals surface area contributed by atoms with Crippen LogP contribution < -0.4 is 5.73 Å². The van der Waals surface area contributed by atoms with E-state index in [1.807, 2.05) is 30.4 Å². The molecular formula is C7H15NS2. The molecule has 1 aliphatic rings. The first-order valence-electron chi connectivity index (χ1n) is 3.41. The van der Waals surface area contributed by atoms with Crippen LogP contribution in [0.5, 0.6) is 0 Å².